The zero-order valence-corrected chi connectivity index (χ0v) is 16.0. The molecule has 0 spiro atoms. The van der Waals surface area contributed by atoms with Gasteiger partial charge in [-0.05, 0) is 42.5 Å². The maximum absolute atomic E-state index is 12.3. The summed E-state index contributed by atoms with van der Waals surface area (Å²) in [6.07, 6.45) is 1.22. The van der Waals surface area contributed by atoms with E-state index >= 15 is 0 Å². The molecule has 148 valence electrons. The molecule has 4 rings (SSSR count). The number of carbonyl (C=O) groups excluding carboxylic acids is 2. The lowest BCUT2D eigenvalue weighted by atomic mass is 10.2. The molecule has 0 unspecified atom stereocenters. The highest BCUT2D eigenvalue weighted by Gasteiger charge is 2.30. The number of nitrogens with one attached hydrogen (secondary N) is 1. The molecule has 2 N–H and O–H groups in total. The number of aromatic nitrogens is 1. The minimum Gasteiger partial charge on any atom is -0.436 e. The number of hydrogen-bond acceptors (Lipinski definition) is 7. The summed E-state index contributed by atoms with van der Waals surface area (Å²) in [4.78, 5) is 31.7. The molecule has 0 atom stereocenters. The van der Waals surface area contributed by atoms with Crippen LogP contribution < -0.4 is 10.2 Å². The van der Waals surface area contributed by atoms with Crippen molar-refractivity contribution in [1.29, 1.82) is 0 Å². The van der Waals surface area contributed by atoms with Crippen LogP contribution in [-0.2, 0) is 9.59 Å². The Kier molecular flexibility index (Phi) is 4.77. The summed E-state index contributed by atoms with van der Waals surface area (Å²) in [7, 11) is 3.95. The van der Waals surface area contributed by atoms with E-state index in [-0.39, 0.29) is 18.8 Å². The standard InChI is InChI=1S/C21H20N4O4/c1-24(2)15-6-3-13(4-7-15)20-23-16-11-14(5-8-18(16)29-20)22-17-12-19(27)25(9-10-26)21(17)28/h3-8,11-12,22,26H,9-10H2,1-2H3. The van der Waals surface area contributed by atoms with E-state index in [1.807, 2.05) is 43.3 Å². The maximum Gasteiger partial charge on any atom is 0.277 e. The molecule has 2 amide bonds. The lowest BCUT2D eigenvalue weighted by molar-refractivity contribution is -0.137. The first-order chi connectivity index (χ1) is 14.0. The SMILES string of the molecule is CN(C)c1ccc(-c2nc3cc(NC4=CC(=O)N(CCO)C4=O)ccc3o2)cc1. The van der Waals surface area contributed by atoms with Gasteiger partial charge in [-0.1, -0.05) is 0 Å². The van der Waals surface area contributed by atoms with Gasteiger partial charge in [-0.3, -0.25) is 14.5 Å². The van der Waals surface area contributed by atoms with Crippen LogP contribution in [0.1, 0.15) is 0 Å². The van der Waals surface area contributed by atoms with Crippen LogP contribution in [-0.4, -0.2) is 54.1 Å². The summed E-state index contributed by atoms with van der Waals surface area (Å²) in [6.45, 7) is -0.306. The molecule has 0 saturated carbocycles. The Bertz CT molecular complexity index is 1120. The fourth-order valence-electron chi connectivity index (χ4n) is 3.10. The van der Waals surface area contributed by atoms with Gasteiger partial charge in [0.25, 0.3) is 11.8 Å². The molecule has 8 heteroatoms. The van der Waals surface area contributed by atoms with Gasteiger partial charge in [0.15, 0.2) is 5.58 Å². The van der Waals surface area contributed by atoms with E-state index in [0.717, 1.165) is 16.2 Å². The molecule has 2 aromatic carbocycles. The molecule has 2 heterocycles. The number of fused-ring (bicyclic) bond motifs is 1. The van der Waals surface area contributed by atoms with Gasteiger partial charge < -0.3 is 19.7 Å². The number of anilines is 2. The number of carbonyl (C=O) groups is 2. The molecular weight excluding hydrogens is 372 g/mol. The lowest BCUT2D eigenvalue weighted by Gasteiger charge is -2.13. The quantitative estimate of drug-likeness (QED) is 0.621. The molecule has 8 nitrogen and oxygen atoms in total. The Morgan fingerprint density at radius 3 is 2.59 bits per heavy atom. The molecule has 3 aromatic rings. The third kappa shape index (κ3) is 3.57. The normalized spacial score (nSPS) is 13.9. The predicted octanol–water partition coefficient (Wildman–Crippen LogP) is 2.22. The van der Waals surface area contributed by atoms with Crippen LogP contribution in [0.25, 0.3) is 22.6 Å². The summed E-state index contributed by atoms with van der Waals surface area (Å²) in [5.74, 6) is -0.411. The molecule has 0 bridgehead atoms. The molecule has 0 fully saturated rings. The maximum atomic E-state index is 12.3. The summed E-state index contributed by atoms with van der Waals surface area (Å²) < 4.78 is 5.84. The van der Waals surface area contributed by atoms with Crippen LogP contribution in [0, 0.1) is 0 Å². The Labute approximate surface area is 167 Å². The number of oxazole rings is 1. The third-order valence-corrected chi connectivity index (χ3v) is 4.63. The van der Waals surface area contributed by atoms with E-state index in [1.54, 1.807) is 18.2 Å². The van der Waals surface area contributed by atoms with Crippen molar-refractivity contribution in [1.82, 2.24) is 9.88 Å². The zero-order valence-electron chi connectivity index (χ0n) is 16.0. The van der Waals surface area contributed by atoms with Crippen molar-refractivity contribution in [3.63, 3.8) is 0 Å². The predicted molar refractivity (Wildman–Crippen MR) is 109 cm³/mol. The monoisotopic (exact) mass is 392 g/mol. The van der Waals surface area contributed by atoms with Gasteiger partial charge >= 0.3 is 0 Å². The van der Waals surface area contributed by atoms with Gasteiger partial charge in [-0.2, -0.15) is 0 Å². The number of aliphatic hydroxyl groups is 1. The van der Waals surface area contributed by atoms with Crippen LogP contribution >= 0.6 is 0 Å². The first-order valence-electron chi connectivity index (χ1n) is 9.10. The fourth-order valence-corrected chi connectivity index (χ4v) is 3.10. The van der Waals surface area contributed by atoms with E-state index in [4.69, 9.17) is 9.52 Å². The van der Waals surface area contributed by atoms with Gasteiger partial charge in [0.1, 0.15) is 11.2 Å². The van der Waals surface area contributed by atoms with Crippen LogP contribution in [0.4, 0.5) is 11.4 Å². The zero-order chi connectivity index (χ0) is 20.5. The van der Waals surface area contributed by atoms with Gasteiger partial charge in [-0.25, -0.2) is 4.98 Å². The largest absolute Gasteiger partial charge is 0.436 e. The molecular formula is C21H20N4O4. The summed E-state index contributed by atoms with van der Waals surface area (Å²) >= 11 is 0. The van der Waals surface area contributed by atoms with E-state index in [9.17, 15) is 9.59 Å². The second-order valence-electron chi connectivity index (χ2n) is 6.84. The average Bonchev–Trinajstić information content (AvgIpc) is 3.24. The Hall–Kier alpha value is -3.65. The molecule has 0 saturated heterocycles. The molecule has 1 aliphatic heterocycles. The minimum atomic E-state index is -0.467. The number of hydrogen-bond donors (Lipinski definition) is 2. The van der Waals surface area contributed by atoms with Crippen molar-refractivity contribution in [3.05, 3.63) is 54.2 Å². The van der Waals surface area contributed by atoms with Gasteiger partial charge in [0, 0.05) is 37.1 Å². The summed E-state index contributed by atoms with van der Waals surface area (Å²) in [5, 5.41) is 11.9. The van der Waals surface area contributed by atoms with Gasteiger partial charge in [0.2, 0.25) is 5.89 Å². The van der Waals surface area contributed by atoms with E-state index in [1.165, 1.54) is 6.08 Å². The smallest absolute Gasteiger partial charge is 0.277 e. The average molecular weight is 392 g/mol. The van der Waals surface area contributed by atoms with Gasteiger partial charge in [0.05, 0.1) is 13.2 Å². The highest BCUT2D eigenvalue weighted by molar-refractivity contribution is 6.17. The number of amides is 2. The summed E-state index contributed by atoms with van der Waals surface area (Å²) in [6, 6.07) is 13.1. The molecule has 1 aromatic heterocycles. The molecule has 29 heavy (non-hydrogen) atoms. The van der Waals surface area contributed by atoms with E-state index in [2.05, 4.69) is 10.3 Å². The highest BCUT2D eigenvalue weighted by Crippen LogP contribution is 2.28. The van der Waals surface area contributed by atoms with Crippen LogP contribution in [0.15, 0.2) is 58.7 Å². The Morgan fingerprint density at radius 1 is 1.14 bits per heavy atom. The van der Waals surface area contributed by atoms with E-state index in [0.29, 0.717) is 22.7 Å². The number of β-amino-alcohol motifs (C(OH)–C–C–N with tert-alkyl or cyclic N) is 1. The van der Waals surface area contributed by atoms with Crippen molar-refractivity contribution in [2.75, 3.05) is 37.5 Å². The minimum absolute atomic E-state index is 0.0301. The number of benzene rings is 2. The van der Waals surface area contributed by atoms with Crippen molar-refractivity contribution in [3.8, 4) is 11.5 Å². The molecule has 0 radical (unpaired) electrons. The molecule has 1 aliphatic rings. The van der Waals surface area contributed by atoms with Gasteiger partial charge in [-0.15, -0.1) is 0 Å². The van der Waals surface area contributed by atoms with Crippen LogP contribution in [0.5, 0.6) is 0 Å². The lowest BCUT2D eigenvalue weighted by Crippen LogP contribution is -2.34. The summed E-state index contributed by atoms with van der Waals surface area (Å²) in [5.41, 5.74) is 3.96. The van der Waals surface area contributed by atoms with Crippen molar-refractivity contribution in [2.24, 2.45) is 0 Å². The number of rotatable bonds is 6. The molecule has 0 aliphatic carbocycles. The highest BCUT2D eigenvalue weighted by atomic mass is 16.3. The topological polar surface area (TPSA) is 98.9 Å². The number of nitrogens with zero attached hydrogens (tertiary/aromatic N) is 3. The number of aliphatic hydroxyl groups excluding tert-OH is 1. The van der Waals surface area contributed by atoms with E-state index < -0.39 is 11.8 Å². The van der Waals surface area contributed by atoms with Crippen molar-refractivity contribution < 1.29 is 19.1 Å². The third-order valence-electron chi connectivity index (χ3n) is 4.63. The Morgan fingerprint density at radius 2 is 1.90 bits per heavy atom. The first-order valence-corrected chi connectivity index (χ1v) is 9.10. The number of imide groups is 1. The van der Waals surface area contributed by atoms with Crippen LogP contribution in [0.3, 0.4) is 0 Å². The fraction of sp³-hybridized carbons (Fsp3) is 0.190. The second-order valence-corrected chi connectivity index (χ2v) is 6.84. The van der Waals surface area contributed by atoms with Crippen molar-refractivity contribution >= 4 is 34.3 Å². The Balaban J connectivity index is 1.57. The second kappa shape index (κ2) is 7.40. The van der Waals surface area contributed by atoms with Crippen LogP contribution in [0.2, 0.25) is 0 Å². The van der Waals surface area contributed by atoms with Crippen molar-refractivity contribution in [2.45, 2.75) is 0 Å². The first kappa shape index (κ1) is 18.7.